The molecule has 0 amide bonds. The molecule has 0 bridgehead atoms. The summed E-state index contributed by atoms with van der Waals surface area (Å²) >= 11 is 5.97. The predicted octanol–water partition coefficient (Wildman–Crippen LogP) is 2.04. The second-order valence-electron chi connectivity index (χ2n) is 5.14. The molecule has 0 unspecified atom stereocenters. The standard InChI is InChI=1S/C13H18ClNO3S/c1-9-12(14)4-3-5-13(9)19(17,18)15(2)8-10-6-11(16)7-10/h3-5,10-11,16H,6-8H2,1-2H3. The summed E-state index contributed by atoms with van der Waals surface area (Å²) in [5, 5.41) is 9.70. The molecule has 0 aromatic heterocycles. The highest BCUT2D eigenvalue weighted by Crippen LogP contribution is 2.30. The van der Waals surface area contributed by atoms with Crippen LogP contribution in [0.3, 0.4) is 0 Å². The highest BCUT2D eigenvalue weighted by molar-refractivity contribution is 7.89. The molecule has 1 N–H and O–H groups in total. The van der Waals surface area contributed by atoms with E-state index in [4.69, 9.17) is 11.6 Å². The van der Waals surface area contributed by atoms with Crippen molar-refractivity contribution >= 4 is 21.6 Å². The average molecular weight is 304 g/mol. The summed E-state index contributed by atoms with van der Waals surface area (Å²) in [6, 6.07) is 4.89. The number of halogens is 1. The molecule has 106 valence electrons. The minimum atomic E-state index is -3.51. The maximum atomic E-state index is 12.5. The molecule has 0 atom stereocenters. The summed E-state index contributed by atoms with van der Waals surface area (Å²) in [6.45, 7) is 2.14. The van der Waals surface area contributed by atoms with Crippen molar-refractivity contribution in [1.29, 1.82) is 0 Å². The summed E-state index contributed by atoms with van der Waals surface area (Å²) in [5.74, 6) is 0.245. The van der Waals surface area contributed by atoms with E-state index >= 15 is 0 Å². The van der Waals surface area contributed by atoms with Crippen molar-refractivity contribution in [2.24, 2.45) is 5.92 Å². The zero-order valence-corrected chi connectivity index (χ0v) is 12.6. The van der Waals surface area contributed by atoms with E-state index in [0.717, 1.165) is 0 Å². The third kappa shape index (κ3) is 2.94. The van der Waals surface area contributed by atoms with Crippen LogP contribution in [0.25, 0.3) is 0 Å². The maximum absolute atomic E-state index is 12.5. The van der Waals surface area contributed by atoms with Gasteiger partial charge in [-0.3, -0.25) is 0 Å². The third-order valence-electron chi connectivity index (χ3n) is 3.63. The molecule has 1 aromatic carbocycles. The van der Waals surface area contributed by atoms with Crippen LogP contribution in [0, 0.1) is 12.8 Å². The molecule has 0 spiro atoms. The van der Waals surface area contributed by atoms with Crippen molar-refractivity contribution in [3.63, 3.8) is 0 Å². The molecule has 0 heterocycles. The molecule has 19 heavy (non-hydrogen) atoms. The summed E-state index contributed by atoms with van der Waals surface area (Å²) in [6.07, 6.45) is 1.08. The van der Waals surface area contributed by atoms with Crippen LogP contribution >= 0.6 is 11.6 Å². The first-order valence-corrected chi connectivity index (χ1v) is 8.03. The van der Waals surface area contributed by atoms with Crippen molar-refractivity contribution in [2.45, 2.75) is 30.8 Å². The Morgan fingerprint density at radius 1 is 1.42 bits per heavy atom. The van der Waals surface area contributed by atoms with Gasteiger partial charge in [0, 0.05) is 18.6 Å². The second-order valence-corrected chi connectivity index (χ2v) is 7.56. The maximum Gasteiger partial charge on any atom is 0.243 e. The fourth-order valence-electron chi connectivity index (χ4n) is 2.35. The first-order valence-electron chi connectivity index (χ1n) is 6.22. The van der Waals surface area contributed by atoms with E-state index in [0.29, 0.717) is 30.0 Å². The lowest BCUT2D eigenvalue weighted by atomic mass is 9.82. The third-order valence-corrected chi connectivity index (χ3v) is 6.01. The molecule has 2 rings (SSSR count). The molecule has 6 heteroatoms. The minimum Gasteiger partial charge on any atom is -0.393 e. The highest BCUT2D eigenvalue weighted by Gasteiger charge is 2.32. The summed E-state index contributed by atoms with van der Waals surface area (Å²) in [7, 11) is -1.94. The van der Waals surface area contributed by atoms with Gasteiger partial charge in [0.2, 0.25) is 10.0 Å². The van der Waals surface area contributed by atoms with Gasteiger partial charge < -0.3 is 5.11 Å². The summed E-state index contributed by atoms with van der Waals surface area (Å²) < 4.78 is 26.3. The van der Waals surface area contributed by atoms with Crippen molar-refractivity contribution in [2.75, 3.05) is 13.6 Å². The fourth-order valence-corrected chi connectivity index (χ4v) is 4.07. The van der Waals surface area contributed by atoms with Gasteiger partial charge in [0.05, 0.1) is 11.0 Å². The Kier molecular flexibility index (Phi) is 4.20. The Balaban J connectivity index is 2.19. The molecule has 1 saturated carbocycles. The second kappa shape index (κ2) is 5.40. The lowest BCUT2D eigenvalue weighted by Gasteiger charge is -2.34. The van der Waals surface area contributed by atoms with E-state index in [-0.39, 0.29) is 16.9 Å². The van der Waals surface area contributed by atoms with Gasteiger partial charge in [0.1, 0.15) is 0 Å². The lowest BCUT2D eigenvalue weighted by Crippen LogP contribution is -2.39. The Bertz CT molecular complexity index is 567. The molecule has 1 aromatic rings. The van der Waals surface area contributed by atoms with Gasteiger partial charge in [0.15, 0.2) is 0 Å². The van der Waals surface area contributed by atoms with Crippen LogP contribution in [0.1, 0.15) is 18.4 Å². The molecule has 1 fully saturated rings. The number of hydrogen-bond acceptors (Lipinski definition) is 3. The Morgan fingerprint density at radius 3 is 2.63 bits per heavy atom. The van der Waals surface area contributed by atoms with E-state index in [2.05, 4.69) is 0 Å². The van der Waals surface area contributed by atoms with Crippen LogP contribution in [0.4, 0.5) is 0 Å². The molecule has 4 nitrogen and oxygen atoms in total. The number of aliphatic hydroxyl groups excluding tert-OH is 1. The lowest BCUT2D eigenvalue weighted by molar-refractivity contribution is 0.0367. The monoisotopic (exact) mass is 303 g/mol. The van der Waals surface area contributed by atoms with Crippen molar-refractivity contribution in [3.05, 3.63) is 28.8 Å². The highest BCUT2D eigenvalue weighted by atomic mass is 35.5. The van der Waals surface area contributed by atoms with E-state index in [1.807, 2.05) is 0 Å². The van der Waals surface area contributed by atoms with Crippen molar-refractivity contribution in [3.8, 4) is 0 Å². The van der Waals surface area contributed by atoms with E-state index in [1.165, 1.54) is 4.31 Å². The van der Waals surface area contributed by atoms with Crippen LogP contribution in [0.15, 0.2) is 23.1 Å². The van der Waals surface area contributed by atoms with Gasteiger partial charge >= 0.3 is 0 Å². The zero-order chi connectivity index (χ0) is 14.2. The van der Waals surface area contributed by atoms with Gasteiger partial charge in [-0.05, 0) is 43.4 Å². The van der Waals surface area contributed by atoms with Crippen LogP contribution in [0.2, 0.25) is 5.02 Å². The van der Waals surface area contributed by atoms with Gasteiger partial charge in [-0.25, -0.2) is 12.7 Å². The van der Waals surface area contributed by atoms with Crippen LogP contribution < -0.4 is 0 Å². The first-order chi connectivity index (χ1) is 8.82. The number of hydrogen-bond donors (Lipinski definition) is 1. The molecule has 0 radical (unpaired) electrons. The summed E-state index contributed by atoms with van der Waals surface area (Å²) in [4.78, 5) is 0.252. The first kappa shape index (κ1) is 14.8. The number of nitrogens with zero attached hydrogens (tertiary/aromatic N) is 1. The quantitative estimate of drug-likeness (QED) is 0.926. The number of sulfonamides is 1. The van der Waals surface area contributed by atoms with Crippen LogP contribution in [-0.2, 0) is 10.0 Å². The largest absolute Gasteiger partial charge is 0.393 e. The van der Waals surface area contributed by atoms with Crippen LogP contribution in [0.5, 0.6) is 0 Å². The van der Waals surface area contributed by atoms with Crippen molar-refractivity contribution < 1.29 is 13.5 Å². The smallest absolute Gasteiger partial charge is 0.243 e. The number of rotatable bonds is 4. The van der Waals surface area contributed by atoms with E-state index < -0.39 is 10.0 Å². The van der Waals surface area contributed by atoms with Gasteiger partial charge in [-0.1, -0.05) is 17.7 Å². The average Bonchev–Trinajstić information content (AvgIpc) is 2.30. The molecule has 1 aliphatic rings. The van der Waals surface area contributed by atoms with Crippen molar-refractivity contribution in [1.82, 2.24) is 4.31 Å². The minimum absolute atomic E-state index is 0.245. The van der Waals surface area contributed by atoms with Gasteiger partial charge in [-0.15, -0.1) is 0 Å². The Hall–Kier alpha value is -0.620. The topological polar surface area (TPSA) is 57.6 Å². The molecule has 1 aliphatic carbocycles. The predicted molar refractivity (Wildman–Crippen MR) is 74.7 cm³/mol. The van der Waals surface area contributed by atoms with E-state index in [1.54, 1.807) is 32.2 Å². The fraction of sp³-hybridized carbons (Fsp3) is 0.538. The van der Waals surface area contributed by atoms with Crippen LogP contribution in [-0.4, -0.2) is 37.5 Å². The molecule has 0 saturated heterocycles. The molecule has 0 aliphatic heterocycles. The number of aliphatic hydroxyl groups is 1. The van der Waals surface area contributed by atoms with Gasteiger partial charge in [-0.2, -0.15) is 0 Å². The Morgan fingerprint density at radius 2 is 2.05 bits per heavy atom. The van der Waals surface area contributed by atoms with E-state index in [9.17, 15) is 13.5 Å². The number of benzene rings is 1. The Labute approximate surface area is 119 Å². The SMILES string of the molecule is Cc1c(Cl)cccc1S(=O)(=O)N(C)CC1CC(O)C1. The molecular formula is C13H18ClNO3S. The van der Waals surface area contributed by atoms with Gasteiger partial charge in [0.25, 0.3) is 0 Å². The zero-order valence-electron chi connectivity index (χ0n) is 11.0. The molecular weight excluding hydrogens is 286 g/mol. The summed E-state index contributed by atoms with van der Waals surface area (Å²) in [5.41, 5.74) is 0.574. The normalized spacial score (nSPS) is 23.4.